The van der Waals surface area contributed by atoms with Gasteiger partial charge >= 0.3 is 0 Å². The lowest BCUT2D eigenvalue weighted by Crippen LogP contribution is -2.48. The third-order valence-corrected chi connectivity index (χ3v) is 4.25. The Balaban J connectivity index is 2.53. The molecule has 0 aromatic rings. The predicted molar refractivity (Wildman–Crippen MR) is 76.4 cm³/mol. The summed E-state index contributed by atoms with van der Waals surface area (Å²) in [6.07, 6.45) is 5.35. The smallest absolute Gasteiger partial charge is 0.00967 e. The molecule has 1 fully saturated rings. The highest BCUT2D eigenvalue weighted by molar-refractivity contribution is 4.90. The third kappa shape index (κ3) is 4.97. The largest absolute Gasteiger partial charge is 0.311 e. The zero-order chi connectivity index (χ0) is 13.1. The van der Waals surface area contributed by atoms with Gasteiger partial charge in [0.05, 0.1) is 0 Å². The Kier molecular flexibility index (Phi) is 5.03. The maximum absolute atomic E-state index is 3.70. The van der Waals surface area contributed by atoms with Gasteiger partial charge in [-0.3, -0.25) is 0 Å². The highest BCUT2D eigenvalue weighted by Gasteiger charge is 2.34. The van der Waals surface area contributed by atoms with Crippen molar-refractivity contribution in [2.75, 3.05) is 20.1 Å². The highest BCUT2D eigenvalue weighted by atomic mass is 15.2. The summed E-state index contributed by atoms with van der Waals surface area (Å²) in [7, 11) is 2.30. The van der Waals surface area contributed by atoms with Crippen molar-refractivity contribution in [2.24, 2.45) is 5.41 Å². The molecule has 0 aromatic carbocycles. The van der Waals surface area contributed by atoms with Gasteiger partial charge in [-0.15, -0.1) is 0 Å². The molecule has 0 spiro atoms. The van der Waals surface area contributed by atoms with Gasteiger partial charge in [0, 0.05) is 24.7 Å². The van der Waals surface area contributed by atoms with E-state index in [-0.39, 0.29) is 5.54 Å². The number of rotatable bonds is 7. The average Bonchev–Trinajstić information content (AvgIpc) is 3.06. The van der Waals surface area contributed by atoms with E-state index in [1.165, 1.54) is 32.2 Å². The molecule has 0 radical (unpaired) electrons. The third-order valence-electron chi connectivity index (χ3n) is 4.25. The average molecular weight is 240 g/mol. The van der Waals surface area contributed by atoms with E-state index in [1.807, 2.05) is 0 Å². The first kappa shape index (κ1) is 15.0. The van der Waals surface area contributed by atoms with Crippen molar-refractivity contribution in [3.63, 3.8) is 0 Å². The number of nitrogens with zero attached hydrogens (tertiary/aromatic N) is 1. The van der Waals surface area contributed by atoms with Crippen molar-refractivity contribution < 1.29 is 0 Å². The van der Waals surface area contributed by atoms with Crippen molar-refractivity contribution in [1.82, 2.24) is 10.2 Å². The van der Waals surface area contributed by atoms with Crippen LogP contribution < -0.4 is 5.32 Å². The van der Waals surface area contributed by atoms with Gasteiger partial charge in [0.15, 0.2) is 0 Å². The first-order chi connectivity index (χ1) is 7.82. The molecule has 1 rings (SSSR count). The van der Waals surface area contributed by atoms with Gasteiger partial charge in [-0.1, -0.05) is 13.8 Å². The Morgan fingerprint density at radius 3 is 2.00 bits per heavy atom. The molecule has 0 heterocycles. The van der Waals surface area contributed by atoms with Crippen LogP contribution in [0.5, 0.6) is 0 Å². The predicted octanol–water partition coefficient (Wildman–Crippen LogP) is 3.28. The van der Waals surface area contributed by atoms with Crippen molar-refractivity contribution in [3.05, 3.63) is 0 Å². The number of hydrogen-bond donors (Lipinski definition) is 1. The summed E-state index contributed by atoms with van der Waals surface area (Å²) in [5.74, 6) is 0. The Labute approximate surface area is 108 Å². The SMILES string of the molecule is CCC(CC)(CNC(C)(C)C)CN(C)C1CC1. The van der Waals surface area contributed by atoms with E-state index in [2.05, 4.69) is 51.9 Å². The van der Waals surface area contributed by atoms with Gasteiger partial charge in [0.1, 0.15) is 0 Å². The van der Waals surface area contributed by atoms with Crippen LogP contribution >= 0.6 is 0 Å². The number of hydrogen-bond acceptors (Lipinski definition) is 2. The van der Waals surface area contributed by atoms with Crippen molar-refractivity contribution in [3.8, 4) is 0 Å². The van der Waals surface area contributed by atoms with E-state index >= 15 is 0 Å². The molecular weight excluding hydrogens is 208 g/mol. The second-order valence-electron chi connectivity index (χ2n) is 6.96. The fraction of sp³-hybridized carbons (Fsp3) is 1.00. The Bertz CT molecular complexity index is 222. The lowest BCUT2D eigenvalue weighted by atomic mass is 9.81. The van der Waals surface area contributed by atoms with E-state index < -0.39 is 0 Å². The Morgan fingerprint density at radius 2 is 1.65 bits per heavy atom. The maximum Gasteiger partial charge on any atom is 0.00967 e. The van der Waals surface area contributed by atoms with Gasteiger partial charge in [0.2, 0.25) is 0 Å². The maximum atomic E-state index is 3.70. The Morgan fingerprint density at radius 1 is 1.12 bits per heavy atom. The molecule has 0 aromatic heterocycles. The molecule has 0 saturated heterocycles. The van der Waals surface area contributed by atoms with Crippen LogP contribution in [0.3, 0.4) is 0 Å². The highest BCUT2D eigenvalue weighted by Crippen LogP contribution is 2.32. The first-order valence-electron chi connectivity index (χ1n) is 7.27. The van der Waals surface area contributed by atoms with Crippen LogP contribution in [0.4, 0.5) is 0 Å². The van der Waals surface area contributed by atoms with Crippen LogP contribution in [0.1, 0.15) is 60.3 Å². The minimum absolute atomic E-state index is 0.230. The van der Waals surface area contributed by atoms with Crippen LogP contribution in [-0.2, 0) is 0 Å². The molecule has 1 aliphatic carbocycles. The monoisotopic (exact) mass is 240 g/mol. The molecule has 2 nitrogen and oxygen atoms in total. The van der Waals surface area contributed by atoms with Crippen LogP contribution in [0.25, 0.3) is 0 Å². The van der Waals surface area contributed by atoms with E-state index in [0.717, 1.165) is 12.6 Å². The molecule has 1 N–H and O–H groups in total. The second kappa shape index (κ2) is 5.71. The molecular formula is C15H32N2. The van der Waals surface area contributed by atoms with Crippen LogP contribution in [0, 0.1) is 5.41 Å². The lowest BCUT2D eigenvalue weighted by molar-refractivity contribution is 0.140. The van der Waals surface area contributed by atoms with Gasteiger partial charge in [-0.25, -0.2) is 0 Å². The minimum Gasteiger partial charge on any atom is -0.311 e. The molecule has 2 heteroatoms. The molecule has 1 saturated carbocycles. The zero-order valence-corrected chi connectivity index (χ0v) is 12.8. The lowest BCUT2D eigenvalue weighted by Gasteiger charge is -2.38. The molecule has 0 unspecified atom stereocenters. The second-order valence-corrected chi connectivity index (χ2v) is 6.96. The van der Waals surface area contributed by atoms with Gasteiger partial charge in [-0.05, 0) is 58.9 Å². The van der Waals surface area contributed by atoms with Crippen LogP contribution in [0.2, 0.25) is 0 Å². The normalized spacial score (nSPS) is 17.8. The molecule has 17 heavy (non-hydrogen) atoms. The topological polar surface area (TPSA) is 15.3 Å². The molecule has 1 aliphatic rings. The van der Waals surface area contributed by atoms with Crippen LogP contribution in [-0.4, -0.2) is 36.6 Å². The fourth-order valence-electron chi connectivity index (χ4n) is 2.41. The van der Waals surface area contributed by atoms with E-state index in [4.69, 9.17) is 0 Å². The van der Waals surface area contributed by atoms with Gasteiger partial charge in [-0.2, -0.15) is 0 Å². The summed E-state index contributed by atoms with van der Waals surface area (Å²) in [5, 5.41) is 3.70. The van der Waals surface area contributed by atoms with E-state index in [0.29, 0.717) is 5.41 Å². The molecule has 0 bridgehead atoms. The van der Waals surface area contributed by atoms with Crippen LogP contribution in [0.15, 0.2) is 0 Å². The summed E-state index contributed by atoms with van der Waals surface area (Å²) >= 11 is 0. The van der Waals surface area contributed by atoms with Crippen molar-refractivity contribution >= 4 is 0 Å². The van der Waals surface area contributed by atoms with Crippen molar-refractivity contribution in [1.29, 1.82) is 0 Å². The summed E-state index contributed by atoms with van der Waals surface area (Å²) < 4.78 is 0. The molecule has 0 atom stereocenters. The van der Waals surface area contributed by atoms with Gasteiger partial charge in [0.25, 0.3) is 0 Å². The molecule has 0 amide bonds. The number of nitrogens with one attached hydrogen (secondary N) is 1. The van der Waals surface area contributed by atoms with E-state index in [1.54, 1.807) is 0 Å². The quantitative estimate of drug-likeness (QED) is 0.735. The summed E-state index contributed by atoms with van der Waals surface area (Å²) in [6, 6.07) is 0.877. The molecule has 102 valence electrons. The van der Waals surface area contributed by atoms with Crippen molar-refractivity contribution in [2.45, 2.75) is 71.9 Å². The summed E-state index contributed by atoms with van der Waals surface area (Å²) in [5.41, 5.74) is 0.679. The summed E-state index contributed by atoms with van der Waals surface area (Å²) in [6.45, 7) is 13.8. The Hall–Kier alpha value is -0.0800. The molecule has 0 aliphatic heterocycles. The fourth-order valence-corrected chi connectivity index (χ4v) is 2.41. The van der Waals surface area contributed by atoms with Gasteiger partial charge < -0.3 is 10.2 Å². The van der Waals surface area contributed by atoms with E-state index in [9.17, 15) is 0 Å². The zero-order valence-electron chi connectivity index (χ0n) is 12.8. The summed E-state index contributed by atoms with van der Waals surface area (Å²) in [4.78, 5) is 2.58. The standard InChI is InChI=1S/C15H32N2/c1-7-15(8-2,11-16-14(3,4)5)12-17(6)13-9-10-13/h13,16H,7-12H2,1-6H3. The first-order valence-corrected chi connectivity index (χ1v) is 7.27. The minimum atomic E-state index is 0.230.